The Hall–Kier alpha value is -3.93. The normalized spacial score (nSPS) is 21.8. The van der Waals surface area contributed by atoms with E-state index in [1.165, 1.54) is 17.9 Å². The maximum atomic E-state index is 12.1. The molecule has 1 aromatic carbocycles. The van der Waals surface area contributed by atoms with E-state index in [4.69, 9.17) is 14.7 Å². The Morgan fingerprint density at radius 2 is 1.89 bits per heavy atom. The zero-order valence-corrected chi connectivity index (χ0v) is 19.2. The summed E-state index contributed by atoms with van der Waals surface area (Å²) in [6.07, 6.45) is -1.92. The number of amides is 1. The third-order valence-corrected chi connectivity index (χ3v) is 5.99. The van der Waals surface area contributed by atoms with E-state index >= 15 is 0 Å². The lowest BCUT2D eigenvalue weighted by atomic mass is 10.1. The van der Waals surface area contributed by atoms with E-state index in [0.717, 1.165) is 16.8 Å². The molecule has 1 amide bonds. The number of rotatable bonds is 6. The third kappa shape index (κ3) is 4.20. The molecule has 4 N–H and O–H groups in total. The molecule has 1 fully saturated rings. The fourth-order valence-corrected chi connectivity index (χ4v) is 4.10. The van der Waals surface area contributed by atoms with E-state index in [1.54, 1.807) is 12.3 Å². The van der Waals surface area contributed by atoms with Gasteiger partial charge in [0.1, 0.15) is 12.2 Å². The number of benzene rings is 1. The number of aryl methyl sites for hydroxylation is 1. The molecule has 3 aromatic heterocycles. The molecule has 1 aliphatic rings. The van der Waals surface area contributed by atoms with Crippen molar-refractivity contribution >= 4 is 22.9 Å². The fourth-order valence-electron chi connectivity index (χ4n) is 4.10. The Labute approximate surface area is 200 Å². The molecular weight excluding hydrogens is 450 g/mol. The molecule has 0 bridgehead atoms. The van der Waals surface area contributed by atoms with Crippen molar-refractivity contribution in [1.82, 2.24) is 29.8 Å². The average Bonchev–Trinajstić information content (AvgIpc) is 3.43. The molecule has 35 heavy (non-hydrogen) atoms. The van der Waals surface area contributed by atoms with Gasteiger partial charge in [0.25, 0.3) is 5.91 Å². The Kier molecular flexibility index (Phi) is 6.12. The molecule has 1 aliphatic heterocycles. The summed E-state index contributed by atoms with van der Waals surface area (Å²) in [6.45, 7) is 2.37. The first kappa shape index (κ1) is 22.8. The van der Waals surface area contributed by atoms with Gasteiger partial charge < -0.3 is 25.6 Å². The van der Waals surface area contributed by atoms with Crippen LogP contribution in [0.2, 0.25) is 0 Å². The van der Waals surface area contributed by atoms with Gasteiger partial charge in [-0.05, 0) is 24.6 Å². The number of fused-ring (bicyclic) bond motifs is 1. The second kappa shape index (κ2) is 9.37. The molecule has 5 rings (SSSR count). The lowest BCUT2D eigenvalue weighted by molar-refractivity contribution is -0.137. The van der Waals surface area contributed by atoms with Gasteiger partial charge >= 0.3 is 0 Å². The van der Waals surface area contributed by atoms with Crippen LogP contribution in [0, 0.1) is 6.92 Å². The van der Waals surface area contributed by atoms with Gasteiger partial charge in [-0.1, -0.05) is 30.3 Å². The smallest absolute Gasteiger partial charge is 0.251 e. The highest BCUT2D eigenvalue weighted by Crippen LogP contribution is 2.34. The largest absolute Gasteiger partial charge is 0.387 e. The van der Waals surface area contributed by atoms with Crippen molar-refractivity contribution in [2.45, 2.75) is 38.0 Å². The van der Waals surface area contributed by atoms with E-state index in [1.807, 2.05) is 43.3 Å². The van der Waals surface area contributed by atoms with Crippen molar-refractivity contribution in [2.24, 2.45) is 0 Å². The van der Waals surface area contributed by atoms with Crippen molar-refractivity contribution in [1.29, 1.82) is 0 Å². The number of nitrogens with one attached hydrogen (secondary N) is 2. The first-order valence-corrected chi connectivity index (χ1v) is 11.2. The van der Waals surface area contributed by atoms with E-state index < -0.39 is 30.4 Å². The summed E-state index contributed by atoms with van der Waals surface area (Å²) in [4.78, 5) is 30.4. The first-order valence-electron chi connectivity index (χ1n) is 11.2. The summed E-state index contributed by atoms with van der Waals surface area (Å²) in [5, 5.41) is 26.9. The Morgan fingerprint density at radius 3 is 2.63 bits per heavy atom. The molecule has 0 saturated carbocycles. The minimum Gasteiger partial charge on any atom is -0.387 e. The number of carbonyl (C=O) groups excluding carboxylic acids is 1. The van der Waals surface area contributed by atoms with E-state index in [2.05, 4.69) is 20.6 Å². The van der Waals surface area contributed by atoms with Crippen molar-refractivity contribution in [2.75, 3.05) is 12.4 Å². The van der Waals surface area contributed by atoms with Crippen molar-refractivity contribution < 1.29 is 19.7 Å². The first-order chi connectivity index (χ1) is 17.0. The molecule has 0 aliphatic carbocycles. The van der Waals surface area contributed by atoms with Crippen LogP contribution in [0.5, 0.6) is 0 Å². The standard InChI is InChI=1S/C24H25N7O4/c1-13-15(9-6-10-26-13)20-29-21(27-11-14-7-4-3-5-8-14)16-22(30-20)31(12-28-16)24-18(33)17(32)19(35-24)23(34)25-2/h3-10,12,17-19,24,32-33H,11H2,1-2H3,(H,25,34)(H,27,29,30)/t17-,18+,19-,24?/m0/s1. The summed E-state index contributed by atoms with van der Waals surface area (Å²) in [5.74, 6) is 0.373. The number of likely N-dealkylation sites (N-methyl/N-ethyl adjacent to an activating group) is 1. The second-order valence-corrected chi connectivity index (χ2v) is 8.24. The van der Waals surface area contributed by atoms with Crippen molar-refractivity contribution in [3.8, 4) is 11.4 Å². The van der Waals surface area contributed by atoms with Gasteiger partial charge in [0.05, 0.1) is 6.33 Å². The van der Waals surface area contributed by atoms with Gasteiger partial charge in [0.2, 0.25) is 0 Å². The van der Waals surface area contributed by atoms with Gasteiger partial charge in [-0.15, -0.1) is 0 Å². The predicted octanol–water partition coefficient (Wildman–Crippen LogP) is 1.17. The number of aliphatic hydroxyl groups excluding tert-OH is 2. The lowest BCUT2D eigenvalue weighted by Gasteiger charge is -2.17. The highest BCUT2D eigenvalue weighted by molar-refractivity contribution is 5.85. The van der Waals surface area contributed by atoms with Crippen LogP contribution >= 0.6 is 0 Å². The molecular formula is C24H25N7O4. The summed E-state index contributed by atoms with van der Waals surface area (Å²) in [5.41, 5.74) is 3.38. The van der Waals surface area contributed by atoms with E-state index in [9.17, 15) is 15.0 Å². The minimum absolute atomic E-state index is 0.377. The van der Waals surface area contributed by atoms with Crippen LogP contribution in [0.4, 0.5) is 5.82 Å². The number of hydrogen-bond donors (Lipinski definition) is 4. The molecule has 4 aromatic rings. The van der Waals surface area contributed by atoms with Gasteiger partial charge in [-0.25, -0.2) is 15.0 Å². The number of aromatic nitrogens is 5. The summed E-state index contributed by atoms with van der Waals surface area (Å²) in [6, 6.07) is 13.5. The molecule has 0 spiro atoms. The maximum Gasteiger partial charge on any atom is 0.251 e. The zero-order valence-electron chi connectivity index (χ0n) is 19.2. The monoisotopic (exact) mass is 475 g/mol. The number of nitrogens with zero attached hydrogens (tertiary/aromatic N) is 5. The quantitative estimate of drug-likeness (QED) is 0.323. The Balaban J connectivity index is 1.59. The van der Waals surface area contributed by atoms with Gasteiger partial charge in [0.15, 0.2) is 35.1 Å². The highest BCUT2D eigenvalue weighted by Gasteiger charge is 2.47. The van der Waals surface area contributed by atoms with Crippen LogP contribution in [0.25, 0.3) is 22.6 Å². The maximum absolute atomic E-state index is 12.1. The van der Waals surface area contributed by atoms with Gasteiger partial charge in [-0.2, -0.15) is 0 Å². The number of pyridine rings is 1. The number of hydrogen-bond acceptors (Lipinski definition) is 9. The number of imidazole rings is 1. The zero-order chi connectivity index (χ0) is 24.5. The number of aliphatic hydroxyl groups is 2. The third-order valence-electron chi connectivity index (χ3n) is 5.99. The van der Waals surface area contributed by atoms with Crippen LogP contribution in [0.3, 0.4) is 0 Å². The van der Waals surface area contributed by atoms with Crippen LogP contribution in [-0.4, -0.2) is 66.0 Å². The predicted molar refractivity (Wildman–Crippen MR) is 127 cm³/mol. The minimum atomic E-state index is -1.41. The molecule has 180 valence electrons. The summed E-state index contributed by atoms with van der Waals surface area (Å²) < 4.78 is 7.26. The molecule has 4 atom stereocenters. The topological polar surface area (TPSA) is 147 Å². The molecule has 11 nitrogen and oxygen atoms in total. The van der Waals surface area contributed by atoms with Gasteiger partial charge in [-0.3, -0.25) is 14.3 Å². The molecule has 1 saturated heterocycles. The van der Waals surface area contributed by atoms with Crippen LogP contribution in [0.15, 0.2) is 55.0 Å². The Morgan fingerprint density at radius 1 is 1.09 bits per heavy atom. The number of ether oxygens (including phenoxy) is 1. The van der Waals surface area contributed by atoms with Crippen LogP contribution < -0.4 is 10.6 Å². The SMILES string of the molecule is CNC(=O)[C@H]1OC(n2cnc3c(NCc4ccccc4)nc(-c4cccnc4C)nc32)[C@H](O)[C@@H]1O. The van der Waals surface area contributed by atoms with E-state index in [-0.39, 0.29) is 0 Å². The lowest BCUT2D eigenvalue weighted by Crippen LogP contribution is -2.41. The van der Waals surface area contributed by atoms with Gasteiger partial charge in [0, 0.05) is 31.0 Å². The van der Waals surface area contributed by atoms with Crippen LogP contribution in [-0.2, 0) is 16.1 Å². The average molecular weight is 476 g/mol. The number of anilines is 1. The second-order valence-electron chi connectivity index (χ2n) is 8.24. The molecule has 0 radical (unpaired) electrons. The molecule has 11 heteroatoms. The number of carbonyl (C=O) groups is 1. The van der Waals surface area contributed by atoms with E-state index in [0.29, 0.717) is 29.4 Å². The van der Waals surface area contributed by atoms with Crippen molar-refractivity contribution in [3.05, 3.63) is 66.2 Å². The molecule has 4 heterocycles. The fraction of sp³-hybridized carbons (Fsp3) is 0.292. The molecule has 1 unspecified atom stereocenters. The summed E-state index contributed by atoms with van der Waals surface area (Å²) >= 11 is 0. The Bertz CT molecular complexity index is 1360. The summed E-state index contributed by atoms with van der Waals surface area (Å²) in [7, 11) is 1.44. The van der Waals surface area contributed by atoms with Crippen LogP contribution in [0.1, 0.15) is 17.5 Å². The highest BCUT2D eigenvalue weighted by atomic mass is 16.6. The van der Waals surface area contributed by atoms with Crippen molar-refractivity contribution in [3.63, 3.8) is 0 Å².